The molecule has 2 fully saturated rings. The van der Waals surface area contributed by atoms with Crippen LogP contribution in [0, 0.1) is 0 Å². The molecule has 3 aromatic carbocycles. The fraction of sp³-hybridized carbons (Fsp3) is 0.385. The number of sulfonamides is 1. The van der Waals surface area contributed by atoms with Gasteiger partial charge in [-0.25, -0.2) is 13.1 Å². The van der Waals surface area contributed by atoms with Crippen molar-refractivity contribution in [3.8, 4) is 5.75 Å². The normalized spacial score (nSPS) is 17.8. The molecule has 1 N–H and O–H groups in total. The Labute approximate surface area is 204 Å². The zero-order valence-electron chi connectivity index (χ0n) is 18.8. The molecule has 0 unspecified atom stereocenters. The molecule has 0 amide bonds. The number of ether oxygens (including phenoxy) is 1. The number of piperidine rings is 1. The molecule has 1 aliphatic heterocycles. The molecule has 5 nitrogen and oxygen atoms in total. The average Bonchev–Trinajstić information content (AvgIpc) is 3.63. The predicted octanol–water partition coefficient (Wildman–Crippen LogP) is 5.61. The van der Waals surface area contributed by atoms with E-state index in [-0.39, 0.29) is 5.41 Å². The maximum atomic E-state index is 13.3. The zero-order valence-corrected chi connectivity index (χ0v) is 21.2. The first kappa shape index (κ1) is 22.7. The molecule has 0 spiro atoms. The Kier molecular flexibility index (Phi) is 6.14. The number of benzene rings is 3. The third-order valence-corrected chi connectivity index (χ3v) is 8.92. The molecule has 0 atom stereocenters. The largest absolute Gasteiger partial charge is 0.495 e. The molecule has 1 heterocycles. The van der Waals surface area contributed by atoms with Gasteiger partial charge in [-0.3, -0.25) is 0 Å². The molecule has 1 aliphatic carbocycles. The second-order valence-corrected chi connectivity index (χ2v) is 11.8. The van der Waals surface area contributed by atoms with Crippen molar-refractivity contribution >= 4 is 42.4 Å². The summed E-state index contributed by atoms with van der Waals surface area (Å²) in [6.07, 6.45) is 5.39. The number of fused-ring (bicyclic) bond motifs is 1. The van der Waals surface area contributed by atoms with Crippen molar-refractivity contribution in [2.24, 2.45) is 0 Å². The number of anilines is 1. The summed E-state index contributed by atoms with van der Waals surface area (Å²) in [6, 6.07) is 17.8. The molecule has 0 aromatic heterocycles. The van der Waals surface area contributed by atoms with Crippen molar-refractivity contribution < 1.29 is 13.2 Å². The number of nitrogens with one attached hydrogen (secondary N) is 1. The minimum atomic E-state index is -3.65. The summed E-state index contributed by atoms with van der Waals surface area (Å²) in [4.78, 5) is 2.53. The molecule has 0 radical (unpaired) electrons. The quantitative estimate of drug-likeness (QED) is 0.432. The molecular formula is C26H29BrN2O3S. The highest BCUT2D eigenvalue weighted by Gasteiger charge is 2.45. The van der Waals surface area contributed by atoms with Gasteiger partial charge in [-0.2, -0.15) is 0 Å². The van der Waals surface area contributed by atoms with E-state index >= 15 is 0 Å². The highest BCUT2D eigenvalue weighted by Crippen LogP contribution is 2.50. The molecule has 7 heteroatoms. The van der Waals surface area contributed by atoms with E-state index in [0.29, 0.717) is 11.4 Å². The molecule has 1 saturated heterocycles. The van der Waals surface area contributed by atoms with Crippen LogP contribution in [-0.4, -0.2) is 35.2 Å². The minimum absolute atomic E-state index is 0.157. The number of hydrogen-bond donors (Lipinski definition) is 1. The molecule has 33 heavy (non-hydrogen) atoms. The summed E-state index contributed by atoms with van der Waals surface area (Å²) in [5.41, 5.74) is 1.92. The van der Waals surface area contributed by atoms with Gasteiger partial charge in [-0.15, -0.1) is 0 Å². The van der Waals surface area contributed by atoms with E-state index in [0.717, 1.165) is 54.7 Å². The van der Waals surface area contributed by atoms with E-state index in [1.807, 2.05) is 6.07 Å². The van der Waals surface area contributed by atoms with Gasteiger partial charge in [0, 0.05) is 29.5 Å². The number of hydrogen-bond acceptors (Lipinski definition) is 4. The summed E-state index contributed by atoms with van der Waals surface area (Å²) in [5, 5.41) is 2.35. The maximum absolute atomic E-state index is 13.3. The highest BCUT2D eigenvalue weighted by molar-refractivity contribution is 9.10. The van der Waals surface area contributed by atoms with Crippen LogP contribution < -0.4 is 14.4 Å². The van der Waals surface area contributed by atoms with Crippen LogP contribution in [-0.2, 0) is 15.4 Å². The van der Waals surface area contributed by atoms with E-state index in [9.17, 15) is 8.42 Å². The number of rotatable bonds is 7. The first-order valence-electron chi connectivity index (χ1n) is 11.5. The van der Waals surface area contributed by atoms with E-state index in [1.165, 1.54) is 22.8 Å². The Balaban J connectivity index is 1.41. The van der Waals surface area contributed by atoms with Gasteiger partial charge in [0.2, 0.25) is 10.0 Å². The van der Waals surface area contributed by atoms with Gasteiger partial charge in [0.25, 0.3) is 0 Å². The van der Waals surface area contributed by atoms with Crippen LogP contribution in [0.25, 0.3) is 10.8 Å². The lowest BCUT2D eigenvalue weighted by Gasteiger charge is -2.30. The molecule has 3 aromatic rings. The van der Waals surface area contributed by atoms with E-state index < -0.39 is 10.0 Å². The van der Waals surface area contributed by atoms with Crippen molar-refractivity contribution in [1.29, 1.82) is 0 Å². The Morgan fingerprint density at radius 3 is 2.55 bits per heavy atom. The van der Waals surface area contributed by atoms with Crippen LogP contribution in [0.2, 0.25) is 0 Å². The van der Waals surface area contributed by atoms with Crippen molar-refractivity contribution in [3.63, 3.8) is 0 Å². The van der Waals surface area contributed by atoms with Crippen molar-refractivity contribution in [2.45, 2.75) is 42.4 Å². The Bertz CT molecular complexity index is 1280. The Hall–Kier alpha value is -2.09. The second kappa shape index (κ2) is 8.93. The van der Waals surface area contributed by atoms with Crippen LogP contribution in [0.1, 0.15) is 37.7 Å². The standard InChI is InChI=1S/C26H29BrN2O3S/c1-32-25-11-10-21(17-24(25)29-14-3-2-4-15-29)33(30,31)28-18-26(12-13-26)23-7-5-6-19-8-9-20(27)16-22(19)23/h5-11,16-17,28H,2-4,12-15,18H2,1H3. The zero-order chi connectivity index (χ0) is 23.1. The van der Waals surface area contributed by atoms with Crippen molar-refractivity contribution in [3.05, 3.63) is 64.6 Å². The summed E-state index contributed by atoms with van der Waals surface area (Å²) < 4.78 is 36.1. The third-order valence-electron chi connectivity index (χ3n) is 7.03. The maximum Gasteiger partial charge on any atom is 0.240 e. The van der Waals surface area contributed by atoms with Crippen molar-refractivity contribution in [2.75, 3.05) is 31.6 Å². The topological polar surface area (TPSA) is 58.6 Å². The van der Waals surface area contributed by atoms with Crippen LogP contribution in [0.3, 0.4) is 0 Å². The van der Waals surface area contributed by atoms with Crippen LogP contribution in [0.5, 0.6) is 5.75 Å². The minimum Gasteiger partial charge on any atom is -0.495 e. The van der Waals surface area contributed by atoms with Gasteiger partial charge in [0.15, 0.2) is 0 Å². The highest BCUT2D eigenvalue weighted by atomic mass is 79.9. The first-order chi connectivity index (χ1) is 15.9. The Morgan fingerprint density at radius 2 is 1.82 bits per heavy atom. The number of halogens is 1. The summed E-state index contributed by atoms with van der Waals surface area (Å²) in [7, 11) is -2.02. The lowest BCUT2D eigenvalue weighted by Crippen LogP contribution is -2.33. The SMILES string of the molecule is COc1ccc(S(=O)(=O)NCC2(c3cccc4ccc(Br)cc34)CC2)cc1N1CCCCC1. The van der Waals surface area contributed by atoms with E-state index in [2.05, 4.69) is 55.9 Å². The summed E-state index contributed by atoms with van der Waals surface area (Å²) in [6.45, 7) is 2.24. The fourth-order valence-corrected chi connectivity index (χ4v) is 6.44. The predicted molar refractivity (Wildman–Crippen MR) is 137 cm³/mol. The monoisotopic (exact) mass is 528 g/mol. The molecule has 174 valence electrons. The lowest BCUT2D eigenvalue weighted by atomic mass is 9.91. The van der Waals surface area contributed by atoms with Gasteiger partial charge in [-0.1, -0.05) is 40.2 Å². The summed E-state index contributed by atoms with van der Waals surface area (Å²) >= 11 is 3.58. The fourth-order valence-electron chi connectivity index (χ4n) is 4.93. The second-order valence-electron chi connectivity index (χ2n) is 9.16. The molecular weight excluding hydrogens is 500 g/mol. The summed E-state index contributed by atoms with van der Waals surface area (Å²) in [5.74, 6) is 0.718. The molecule has 1 saturated carbocycles. The number of methoxy groups -OCH3 is 1. The lowest BCUT2D eigenvalue weighted by molar-refractivity contribution is 0.412. The van der Waals surface area contributed by atoms with Crippen LogP contribution in [0.15, 0.2) is 64.0 Å². The van der Waals surface area contributed by atoms with Gasteiger partial charge >= 0.3 is 0 Å². The first-order valence-corrected chi connectivity index (χ1v) is 13.8. The van der Waals surface area contributed by atoms with Gasteiger partial charge in [0.1, 0.15) is 5.75 Å². The van der Waals surface area contributed by atoms with Crippen LogP contribution >= 0.6 is 15.9 Å². The molecule has 2 aliphatic rings. The van der Waals surface area contributed by atoms with Gasteiger partial charge in [0.05, 0.1) is 17.7 Å². The van der Waals surface area contributed by atoms with Gasteiger partial charge in [-0.05, 0) is 78.8 Å². The smallest absolute Gasteiger partial charge is 0.240 e. The molecule has 0 bridgehead atoms. The number of nitrogens with zero attached hydrogens (tertiary/aromatic N) is 1. The Morgan fingerprint density at radius 1 is 1.03 bits per heavy atom. The van der Waals surface area contributed by atoms with Crippen molar-refractivity contribution in [1.82, 2.24) is 4.72 Å². The van der Waals surface area contributed by atoms with Crippen LogP contribution in [0.4, 0.5) is 5.69 Å². The third kappa shape index (κ3) is 4.51. The van der Waals surface area contributed by atoms with Gasteiger partial charge < -0.3 is 9.64 Å². The van der Waals surface area contributed by atoms with E-state index in [1.54, 1.807) is 25.3 Å². The van der Waals surface area contributed by atoms with E-state index in [4.69, 9.17) is 4.74 Å². The average molecular weight is 530 g/mol. The molecule has 5 rings (SSSR count).